The molecule has 0 unspecified atom stereocenters. The van der Waals surface area contributed by atoms with Gasteiger partial charge in [0.15, 0.2) is 0 Å². The van der Waals surface area contributed by atoms with E-state index in [2.05, 4.69) is 10.6 Å². The molecule has 1 aromatic carbocycles. The highest BCUT2D eigenvalue weighted by molar-refractivity contribution is 5.92. The molecule has 5 nitrogen and oxygen atoms in total. The molecule has 1 aliphatic carbocycles. The van der Waals surface area contributed by atoms with Gasteiger partial charge in [-0.3, -0.25) is 9.59 Å². The number of nitrogens with one attached hydrogen (secondary N) is 2. The van der Waals surface area contributed by atoms with Crippen molar-refractivity contribution in [2.24, 2.45) is 5.73 Å². The standard InChI is InChI=1S/C15H21N3O2/c16-15(20)12-5-3-4-11(8-12)9-18-14(19)10-17-13-6-1-2-7-13/h3-5,8,13,17H,1-2,6-7,9-10H2,(H2,16,20)(H,18,19). The van der Waals surface area contributed by atoms with Crippen molar-refractivity contribution in [3.63, 3.8) is 0 Å². The van der Waals surface area contributed by atoms with Crippen LogP contribution in [-0.4, -0.2) is 24.4 Å². The normalized spacial score (nSPS) is 15.2. The summed E-state index contributed by atoms with van der Waals surface area (Å²) in [6, 6.07) is 7.47. The molecular formula is C15H21N3O2. The molecule has 1 aromatic rings. The van der Waals surface area contributed by atoms with Gasteiger partial charge in [-0.25, -0.2) is 0 Å². The van der Waals surface area contributed by atoms with Crippen molar-refractivity contribution >= 4 is 11.8 Å². The highest BCUT2D eigenvalue weighted by Gasteiger charge is 2.15. The van der Waals surface area contributed by atoms with Crippen LogP contribution < -0.4 is 16.4 Å². The molecule has 0 bridgehead atoms. The van der Waals surface area contributed by atoms with Crippen molar-refractivity contribution in [1.29, 1.82) is 0 Å². The zero-order valence-corrected chi connectivity index (χ0v) is 11.5. The first-order chi connectivity index (χ1) is 9.65. The van der Waals surface area contributed by atoms with Gasteiger partial charge in [-0.05, 0) is 30.5 Å². The lowest BCUT2D eigenvalue weighted by atomic mass is 10.1. The second-order valence-corrected chi connectivity index (χ2v) is 5.20. The first-order valence-corrected chi connectivity index (χ1v) is 7.04. The smallest absolute Gasteiger partial charge is 0.248 e. The minimum absolute atomic E-state index is 0.0265. The summed E-state index contributed by atoms with van der Waals surface area (Å²) in [5, 5.41) is 6.10. The lowest BCUT2D eigenvalue weighted by Gasteiger charge is -2.12. The zero-order chi connectivity index (χ0) is 14.4. The number of nitrogens with two attached hydrogens (primary N) is 1. The van der Waals surface area contributed by atoms with Crippen molar-refractivity contribution in [3.8, 4) is 0 Å². The lowest BCUT2D eigenvalue weighted by molar-refractivity contribution is -0.120. The van der Waals surface area contributed by atoms with Crippen molar-refractivity contribution < 1.29 is 9.59 Å². The maximum atomic E-state index is 11.7. The van der Waals surface area contributed by atoms with Crippen molar-refractivity contribution in [1.82, 2.24) is 10.6 Å². The molecular weight excluding hydrogens is 254 g/mol. The van der Waals surface area contributed by atoms with Crippen molar-refractivity contribution in [2.75, 3.05) is 6.54 Å². The molecule has 1 fully saturated rings. The second kappa shape index (κ2) is 7.05. The Morgan fingerprint density at radius 3 is 2.70 bits per heavy atom. The number of primary amides is 1. The molecule has 2 rings (SSSR count). The van der Waals surface area contributed by atoms with Crippen molar-refractivity contribution in [3.05, 3.63) is 35.4 Å². The fourth-order valence-electron chi connectivity index (χ4n) is 2.46. The Morgan fingerprint density at radius 1 is 1.25 bits per heavy atom. The summed E-state index contributed by atoms with van der Waals surface area (Å²) in [6.07, 6.45) is 4.82. The molecule has 0 atom stereocenters. The third-order valence-electron chi connectivity index (χ3n) is 3.61. The molecule has 108 valence electrons. The van der Waals surface area contributed by atoms with E-state index in [9.17, 15) is 9.59 Å². The number of carbonyl (C=O) groups is 2. The Bertz CT molecular complexity index is 482. The second-order valence-electron chi connectivity index (χ2n) is 5.20. The summed E-state index contributed by atoms with van der Waals surface area (Å²) in [5.74, 6) is -0.484. The topological polar surface area (TPSA) is 84.2 Å². The Kier molecular flexibility index (Phi) is 5.12. The molecule has 5 heteroatoms. The zero-order valence-electron chi connectivity index (χ0n) is 11.5. The molecule has 1 saturated carbocycles. The van der Waals surface area contributed by atoms with Crippen LogP contribution in [0.5, 0.6) is 0 Å². The average Bonchev–Trinajstić information content (AvgIpc) is 2.96. The van der Waals surface area contributed by atoms with E-state index in [1.807, 2.05) is 6.07 Å². The van der Waals surface area contributed by atoms with Gasteiger partial charge in [0.1, 0.15) is 0 Å². The molecule has 1 aliphatic rings. The summed E-state index contributed by atoms with van der Waals surface area (Å²) in [5.41, 5.74) is 6.55. The number of carbonyl (C=O) groups excluding carboxylic acids is 2. The van der Waals surface area contributed by atoms with E-state index in [4.69, 9.17) is 5.73 Å². The van der Waals surface area contributed by atoms with Crippen LogP contribution in [0.15, 0.2) is 24.3 Å². The first-order valence-electron chi connectivity index (χ1n) is 7.04. The Balaban J connectivity index is 1.75. The van der Waals surface area contributed by atoms with Crippen LogP contribution in [0, 0.1) is 0 Å². The van der Waals surface area contributed by atoms with E-state index < -0.39 is 5.91 Å². The molecule has 4 N–H and O–H groups in total. The van der Waals surface area contributed by atoms with Gasteiger partial charge in [0.2, 0.25) is 11.8 Å². The van der Waals surface area contributed by atoms with Gasteiger partial charge in [-0.1, -0.05) is 25.0 Å². The van der Waals surface area contributed by atoms with Gasteiger partial charge in [-0.2, -0.15) is 0 Å². The van der Waals surface area contributed by atoms with Gasteiger partial charge in [-0.15, -0.1) is 0 Å². The third kappa shape index (κ3) is 4.35. The molecule has 0 heterocycles. The lowest BCUT2D eigenvalue weighted by Crippen LogP contribution is -2.37. The van der Waals surface area contributed by atoms with Crippen LogP contribution in [-0.2, 0) is 11.3 Å². The molecule has 0 saturated heterocycles. The third-order valence-corrected chi connectivity index (χ3v) is 3.61. The van der Waals surface area contributed by atoms with Gasteiger partial charge in [0.05, 0.1) is 6.54 Å². The van der Waals surface area contributed by atoms with Crippen LogP contribution in [0.25, 0.3) is 0 Å². The number of rotatable bonds is 6. The summed E-state index contributed by atoms with van der Waals surface area (Å²) in [6.45, 7) is 0.756. The van der Waals surface area contributed by atoms with Crippen LogP contribution in [0.3, 0.4) is 0 Å². The number of hydrogen-bond donors (Lipinski definition) is 3. The molecule has 0 aromatic heterocycles. The predicted molar refractivity (Wildman–Crippen MR) is 77.1 cm³/mol. The van der Waals surface area contributed by atoms with E-state index in [0.29, 0.717) is 24.7 Å². The van der Waals surface area contributed by atoms with Crippen molar-refractivity contribution in [2.45, 2.75) is 38.3 Å². The molecule has 2 amide bonds. The predicted octanol–water partition coefficient (Wildman–Crippen LogP) is 0.934. The van der Waals surface area contributed by atoms with E-state index >= 15 is 0 Å². The van der Waals surface area contributed by atoms with Gasteiger partial charge >= 0.3 is 0 Å². The quantitative estimate of drug-likeness (QED) is 0.722. The fourth-order valence-corrected chi connectivity index (χ4v) is 2.46. The largest absolute Gasteiger partial charge is 0.366 e. The summed E-state index contributed by atoms with van der Waals surface area (Å²) in [7, 11) is 0. The maximum Gasteiger partial charge on any atom is 0.248 e. The molecule has 0 aliphatic heterocycles. The highest BCUT2D eigenvalue weighted by atomic mass is 16.2. The minimum Gasteiger partial charge on any atom is -0.366 e. The van der Waals surface area contributed by atoms with E-state index in [1.54, 1.807) is 18.2 Å². The van der Waals surface area contributed by atoms with Gasteiger partial charge < -0.3 is 16.4 Å². The average molecular weight is 275 g/mol. The van der Waals surface area contributed by atoms with Crippen LogP contribution in [0.1, 0.15) is 41.6 Å². The molecule has 0 radical (unpaired) electrons. The number of hydrogen-bond acceptors (Lipinski definition) is 3. The highest BCUT2D eigenvalue weighted by Crippen LogP contribution is 2.17. The van der Waals surface area contributed by atoms with Crippen LogP contribution >= 0.6 is 0 Å². The number of amides is 2. The first kappa shape index (κ1) is 14.5. The van der Waals surface area contributed by atoms with Crippen LogP contribution in [0.2, 0.25) is 0 Å². The van der Waals surface area contributed by atoms with E-state index in [0.717, 1.165) is 18.4 Å². The Hall–Kier alpha value is -1.88. The van der Waals surface area contributed by atoms with Gasteiger partial charge in [0, 0.05) is 18.2 Å². The van der Waals surface area contributed by atoms with E-state index in [-0.39, 0.29) is 5.91 Å². The Morgan fingerprint density at radius 2 is 2.00 bits per heavy atom. The fraction of sp³-hybridized carbons (Fsp3) is 0.467. The minimum atomic E-state index is -0.457. The SMILES string of the molecule is NC(=O)c1cccc(CNC(=O)CNC2CCCC2)c1. The summed E-state index contributed by atoms with van der Waals surface area (Å²) >= 11 is 0. The Labute approximate surface area is 118 Å². The molecule has 20 heavy (non-hydrogen) atoms. The van der Waals surface area contributed by atoms with Crippen LogP contribution in [0.4, 0.5) is 0 Å². The number of benzene rings is 1. The maximum absolute atomic E-state index is 11.7. The van der Waals surface area contributed by atoms with E-state index in [1.165, 1.54) is 12.8 Å². The van der Waals surface area contributed by atoms with Gasteiger partial charge in [0.25, 0.3) is 0 Å². The summed E-state index contributed by atoms with van der Waals surface area (Å²) in [4.78, 5) is 22.8. The summed E-state index contributed by atoms with van der Waals surface area (Å²) < 4.78 is 0. The monoisotopic (exact) mass is 275 g/mol. The molecule has 0 spiro atoms.